The van der Waals surface area contributed by atoms with Gasteiger partial charge in [-0.2, -0.15) is 0 Å². The summed E-state index contributed by atoms with van der Waals surface area (Å²) in [6, 6.07) is 19.2. The maximum absolute atomic E-state index is 13.8. The van der Waals surface area contributed by atoms with Crippen molar-refractivity contribution < 1.29 is 4.39 Å². The van der Waals surface area contributed by atoms with Gasteiger partial charge in [0.1, 0.15) is 5.82 Å². The zero-order valence-corrected chi connectivity index (χ0v) is 11.8. The Kier molecular flexibility index (Phi) is 3.69. The van der Waals surface area contributed by atoms with Crippen molar-refractivity contribution in [2.75, 3.05) is 0 Å². The van der Waals surface area contributed by atoms with E-state index in [-0.39, 0.29) is 11.9 Å². The topological polar surface area (TPSA) is 38.0 Å². The van der Waals surface area contributed by atoms with Gasteiger partial charge in [-0.25, -0.2) is 9.82 Å². The molecule has 0 aliphatic carbocycles. The molecule has 0 fully saturated rings. The van der Waals surface area contributed by atoms with Crippen LogP contribution in [0.25, 0.3) is 10.8 Å². The van der Waals surface area contributed by atoms with Gasteiger partial charge in [0, 0.05) is 0 Å². The lowest BCUT2D eigenvalue weighted by Crippen LogP contribution is -2.29. The predicted octanol–water partition coefficient (Wildman–Crippen LogP) is 3.84. The van der Waals surface area contributed by atoms with Crippen molar-refractivity contribution in [3.8, 4) is 0 Å². The molecule has 0 aromatic heterocycles. The first-order valence-corrected chi connectivity index (χ1v) is 6.90. The highest BCUT2D eigenvalue weighted by atomic mass is 19.1. The molecule has 3 aromatic rings. The van der Waals surface area contributed by atoms with Crippen LogP contribution in [0.5, 0.6) is 0 Å². The first kappa shape index (κ1) is 13.7. The smallest absolute Gasteiger partial charge is 0.126 e. The van der Waals surface area contributed by atoms with Crippen LogP contribution in [0.2, 0.25) is 0 Å². The second kappa shape index (κ2) is 5.64. The molecule has 3 aromatic carbocycles. The van der Waals surface area contributed by atoms with Crippen LogP contribution < -0.4 is 11.3 Å². The summed E-state index contributed by atoms with van der Waals surface area (Å²) in [7, 11) is 0. The van der Waals surface area contributed by atoms with Crippen LogP contribution in [0.15, 0.2) is 60.7 Å². The van der Waals surface area contributed by atoms with Crippen LogP contribution in [0, 0.1) is 12.7 Å². The second-order valence-corrected chi connectivity index (χ2v) is 5.18. The largest absolute Gasteiger partial charge is 0.271 e. The Bertz CT molecular complexity index is 778. The summed E-state index contributed by atoms with van der Waals surface area (Å²) in [5, 5.41) is 2.26. The number of nitrogens with one attached hydrogen (secondary N) is 1. The molecule has 0 saturated heterocycles. The highest BCUT2D eigenvalue weighted by Gasteiger charge is 2.16. The average molecular weight is 280 g/mol. The molecule has 3 N–H and O–H groups in total. The molecule has 0 heterocycles. The third-order valence-corrected chi connectivity index (χ3v) is 3.83. The maximum Gasteiger partial charge on any atom is 0.126 e. The van der Waals surface area contributed by atoms with E-state index in [2.05, 4.69) is 23.6 Å². The molecule has 106 valence electrons. The first-order valence-electron chi connectivity index (χ1n) is 6.90. The van der Waals surface area contributed by atoms with Gasteiger partial charge in [-0.15, -0.1) is 0 Å². The lowest BCUT2D eigenvalue weighted by Gasteiger charge is -2.19. The molecule has 2 nitrogen and oxygen atoms in total. The Balaban J connectivity index is 2.16. The minimum absolute atomic E-state index is 0.215. The van der Waals surface area contributed by atoms with E-state index < -0.39 is 0 Å². The monoisotopic (exact) mass is 280 g/mol. The van der Waals surface area contributed by atoms with E-state index in [0.29, 0.717) is 5.56 Å². The van der Waals surface area contributed by atoms with Crippen molar-refractivity contribution in [1.29, 1.82) is 0 Å². The Labute approximate surface area is 123 Å². The van der Waals surface area contributed by atoms with E-state index >= 15 is 0 Å². The third kappa shape index (κ3) is 2.53. The number of hydrogen-bond acceptors (Lipinski definition) is 2. The minimum Gasteiger partial charge on any atom is -0.271 e. The average Bonchev–Trinajstić information content (AvgIpc) is 2.52. The standard InChI is InChI=1S/C18H17FN2/c1-12-9-10-14(11-17(12)19)18(21-20)16-8-4-6-13-5-2-3-7-15(13)16/h2-11,18,21H,20H2,1H3. The van der Waals surface area contributed by atoms with Crippen molar-refractivity contribution in [2.24, 2.45) is 5.84 Å². The fourth-order valence-electron chi connectivity index (χ4n) is 2.66. The van der Waals surface area contributed by atoms with E-state index in [4.69, 9.17) is 5.84 Å². The number of fused-ring (bicyclic) bond motifs is 1. The Hall–Kier alpha value is -2.23. The minimum atomic E-state index is -0.244. The van der Waals surface area contributed by atoms with Gasteiger partial charge in [-0.1, -0.05) is 54.6 Å². The van der Waals surface area contributed by atoms with Crippen LogP contribution in [-0.2, 0) is 0 Å². The third-order valence-electron chi connectivity index (χ3n) is 3.83. The normalized spacial score (nSPS) is 12.5. The molecule has 0 amide bonds. The number of nitrogens with two attached hydrogens (primary N) is 1. The number of benzene rings is 3. The summed E-state index contributed by atoms with van der Waals surface area (Å²) in [4.78, 5) is 0. The molecule has 0 radical (unpaired) electrons. The highest BCUT2D eigenvalue weighted by Crippen LogP contribution is 2.29. The molecule has 0 saturated carbocycles. The molecular weight excluding hydrogens is 263 g/mol. The molecule has 0 spiro atoms. The summed E-state index contributed by atoms with van der Waals surface area (Å²) in [6.07, 6.45) is 0. The van der Waals surface area contributed by atoms with Gasteiger partial charge in [0.05, 0.1) is 6.04 Å². The maximum atomic E-state index is 13.8. The number of halogens is 1. The van der Waals surface area contributed by atoms with Crippen molar-refractivity contribution in [3.05, 3.63) is 83.2 Å². The zero-order chi connectivity index (χ0) is 14.8. The SMILES string of the molecule is Cc1ccc(C(NN)c2cccc3ccccc23)cc1F. The van der Waals surface area contributed by atoms with Crippen LogP contribution in [0.1, 0.15) is 22.7 Å². The molecule has 1 unspecified atom stereocenters. The van der Waals surface area contributed by atoms with E-state index in [0.717, 1.165) is 21.9 Å². The van der Waals surface area contributed by atoms with E-state index in [1.165, 1.54) is 0 Å². The summed E-state index contributed by atoms with van der Waals surface area (Å²) in [5.41, 5.74) is 5.30. The Morgan fingerprint density at radius 3 is 2.52 bits per heavy atom. The van der Waals surface area contributed by atoms with Crippen LogP contribution >= 0.6 is 0 Å². The summed E-state index contributed by atoms with van der Waals surface area (Å²) in [5.74, 6) is 5.53. The van der Waals surface area contributed by atoms with Crippen molar-refractivity contribution in [2.45, 2.75) is 13.0 Å². The molecular formula is C18H17FN2. The van der Waals surface area contributed by atoms with Crippen LogP contribution in [-0.4, -0.2) is 0 Å². The summed E-state index contributed by atoms with van der Waals surface area (Å²) < 4.78 is 13.8. The lowest BCUT2D eigenvalue weighted by atomic mass is 9.93. The molecule has 21 heavy (non-hydrogen) atoms. The van der Waals surface area contributed by atoms with Gasteiger partial charge in [0.2, 0.25) is 0 Å². The molecule has 3 rings (SSSR count). The van der Waals surface area contributed by atoms with Crippen LogP contribution in [0.4, 0.5) is 4.39 Å². The molecule has 3 heteroatoms. The van der Waals surface area contributed by atoms with Gasteiger partial charge in [0.25, 0.3) is 0 Å². The number of hydrogen-bond donors (Lipinski definition) is 2. The molecule has 1 atom stereocenters. The molecule has 0 aliphatic rings. The first-order chi connectivity index (χ1) is 10.2. The van der Waals surface area contributed by atoms with E-state index in [1.807, 2.05) is 30.3 Å². The van der Waals surface area contributed by atoms with Gasteiger partial charge in [-0.3, -0.25) is 5.84 Å². The fourth-order valence-corrected chi connectivity index (χ4v) is 2.66. The zero-order valence-electron chi connectivity index (χ0n) is 11.8. The quantitative estimate of drug-likeness (QED) is 0.565. The number of hydrazine groups is 1. The Morgan fingerprint density at radius 2 is 1.76 bits per heavy atom. The number of rotatable bonds is 3. The van der Waals surface area contributed by atoms with E-state index in [1.54, 1.807) is 19.1 Å². The Morgan fingerprint density at radius 1 is 1.00 bits per heavy atom. The van der Waals surface area contributed by atoms with Crippen LogP contribution in [0.3, 0.4) is 0 Å². The van der Waals surface area contributed by atoms with Crippen molar-refractivity contribution in [3.63, 3.8) is 0 Å². The number of aryl methyl sites for hydroxylation is 1. The van der Waals surface area contributed by atoms with Gasteiger partial charge < -0.3 is 0 Å². The summed E-state index contributed by atoms with van der Waals surface area (Å²) in [6.45, 7) is 1.75. The highest BCUT2D eigenvalue weighted by molar-refractivity contribution is 5.86. The predicted molar refractivity (Wildman–Crippen MR) is 84.3 cm³/mol. The molecule has 0 aliphatic heterocycles. The second-order valence-electron chi connectivity index (χ2n) is 5.18. The van der Waals surface area contributed by atoms with E-state index in [9.17, 15) is 4.39 Å². The fraction of sp³-hybridized carbons (Fsp3) is 0.111. The van der Waals surface area contributed by atoms with Gasteiger partial charge >= 0.3 is 0 Å². The summed E-state index contributed by atoms with van der Waals surface area (Å²) >= 11 is 0. The van der Waals surface area contributed by atoms with Gasteiger partial charge in [-0.05, 0) is 40.5 Å². The lowest BCUT2D eigenvalue weighted by molar-refractivity contribution is 0.600. The molecule has 0 bridgehead atoms. The van der Waals surface area contributed by atoms with Crippen molar-refractivity contribution in [1.82, 2.24) is 5.43 Å². The van der Waals surface area contributed by atoms with Crippen molar-refractivity contribution >= 4 is 10.8 Å². The van der Waals surface area contributed by atoms with Gasteiger partial charge in [0.15, 0.2) is 0 Å².